The molecule has 1 rings (SSSR count). The van der Waals surface area contributed by atoms with Crippen LogP contribution in [0.25, 0.3) is 0 Å². The minimum atomic E-state index is -1.97. The first-order valence-electron chi connectivity index (χ1n) is 4.51. The van der Waals surface area contributed by atoms with Gasteiger partial charge in [0.2, 0.25) is 5.60 Å². The average molecular weight is 256 g/mol. The van der Waals surface area contributed by atoms with Crippen LogP contribution in [0, 0.1) is 0 Å². The number of hydrogen-bond donors (Lipinski definition) is 2. The van der Waals surface area contributed by atoms with Crippen LogP contribution in [0.5, 0.6) is 0 Å². The van der Waals surface area contributed by atoms with Crippen LogP contribution in [-0.2, 0) is 10.4 Å². The highest BCUT2D eigenvalue weighted by Crippen LogP contribution is 2.39. The largest absolute Gasteiger partial charge is 0.479 e. The number of thioether (sulfide) groups is 1. The van der Waals surface area contributed by atoms with Crippen molar-refractivity contribution in [1.82, 2.24) is 0 Å². The highest BCUT2D eigenvalue weighted by atomic mass is 32.2. The van der Waals surface area contributed by atoms with Crippen molar-refractivity contribution in [3.63, 3.8) is 0 Å². The lowest BCUT2D eigenvalue weighted by molar-refractivity contribution is -0.154. The molecular formula is C11H12O3S2. The summed E-state index contributed by atoms with van der Waals surface area (Å²) in [4.78, 5) is 12.0. The summed E-state index contributed by atoms with van der Waals surface area (Å²) in [5.41, 5.74) is -1.97. The zero-order chi connectivity index (χ0) is 12.2. The van der Waals surface area contributed by atoms with Crippen LogP contribution in [0.1, 0.15) is 11.8 Å². The zero-order valence-corrected chi connectivity index (χ0v) is 10.3. The Morgan fingerprint density at radius 2 is 2.38 bits per heavy atom. The number of hydrogen-bond acceptors (Lipinski definition) is 4. The number of carboxylic acids is 1. The third-order valence-corrected chi connectivity index (χ3v) is 3.95. The molecule has 2 N–H and O–H groups in total. The Morgan fingerprint density at radius 3 is 2.75 bits per heavy atom. The molecule has 0 aliphatic rings. The number of rotatable bonds is 5. The van der Waals surface area contributed by atoms with E-state index in [0.29, 0.717) is 9.78 Å². The second-order valence-corrected chi connectivity index (χ2v) is 4.89. The average Bonchev–Trinajstić information content (AvgIpc) is 2.78. The summed E-state index contributed by atoms with van der Waals surface area (Å²) in [6, 6.07) is 3.31. The molecule has 0 aromatic carbocycles. The van der Waals surface area contributed by atoms with Crippen molar-refractivity contribution in [2.75, 3.05) is 0 Å². The van der Waals surface area contributed by atoms with E-state index >= 15 is 0 Å². The van der Waals surface area contributed by atoms with E-state index in [0.717, 1.165) is 11.8 Å². The van der Waals surface area contributed by atoms with Crippen molar-refractivity contribution in [2.24, 2.45) is 0 Å². The maximum atomic E-state index is 11.3. The molecule has 0 fully saturated rings. The van der Waals surface area contributed by atoms with Crippen molar-refractivity contribution in [3.05, 3.63) is 45.4 Å². The van der Waals surface area contributed by atoms with Gasteiger partial charge in [-0.1, -0.05) is 30.5 Å². The number of carbonyl (C=O) groups is 1. The van der Waals surface area contributed by atoms with Gasteiger partial charge < -0.3 is 10.2 Å². The lowest BCUT2D eigenvalue weighted by Gasteiger charge is -2.23. The molecule has 0 spiro atoms. The fourth-order valence-electron chi connectivity index (χ4n) is 1.27. The van der Waals surface area contributed by atoms with Crippen molar-refractivity contribution < 1.29 is 15.0 Å². The topological polar surface area (TPSA) is 57.5 Å². The minimum absolute atomic E-state index is 0.345. The molecule has 86 valence electrons. The van der Waals surface area contributed by atoms with Gasteiger partial charge in [0, 0.05) is 4.91 Å². The maximum Gasteiger partial charge on any atom is 0.346 e. The summed E-state index contributed by atoms with van der Waals surface area (Å²) >= 11 is 2.32. The van der Waals surface area contributed by atoms with Crippen molar-refractivity contribution in [1.29, 1.82) is 0 Å². The molecular weight excluding hydrogens is 244 g/mol. The number of aliphatic carboxylic acids is 1. The van der Waals surface area contributed by atoms with Gasteiger partial charge in [-0.05, 0) is 23.8 Å². The van der Waals surface area contributed by atoms with E-state index in [1.54, 1.807) is 30.5 Å². The van der Waals surface area contributed by atoms with E-state index < -0.39 is 11.6 Å². The van der Waals surface area contributed by atoms with E-state index in [-0.39, 0.29) is 0 Å². The molecule has 0 saturated carbocycles. The molecule has 0 aliphatic carbocycles. The first-order chi connectivity index (χ1) is 7.57. The molecule has 1 aromatic heterocycles. The molecule has 0 amide bonds. The Hall–Kier alpha value is -1.04. The predicted molar refractivity (Wildman–Crippen MR) is 67.4 cm³/mol. The Bertz CT molecular complexity index is 409. The van der Waals surface area contributed by atoms with Crippen molar-refractivity contribution >= 4 is 29.1 Å². The number of allylic oxidation sites excluding steroid dienone is 1. The molecule has 1 atom stereocenters. The van der Waals surface area contributed by atoms with Crippen molar-refractivity contribution in [3.8, 4) is 0 Å². The van der Waals surface area contributed by atoms with Gasteiger partial charge in [0.1, 0.15) is 0 Å². The number of aliphatic hydroxyl groups is 1. The molecule has 1 unspecified atom stereocenters. The second-order valence-electron chi connectivity index (χ2n) is 2.93. The van der Waals surface area contributed by atoms with Gasteiger partial charge in [-0.3, -0.25) is 0 Å². The van der Waals surface area contributed by atoms with Crippen LogP contribution in [0.15, 0.2) is 40.5 Å². The first kappa shape index (κ1) is 13.0. The molecule has 0 saturated heterocycles. The normalized spacial score (nSPS) is 15.5. The SMILES string of the molecule is C=CS/C(=C\C)C(O)(C(=O)O)c1cccs1. The van der Waals surface area contributed by atoms with Crippen molar-refractivity contribution in [2.45, 2.75) is 12.5 Å². The molecule has 0 aliphatic heterocycles. The van der Waals surface area contributed by atoms with Gasteiger partial charge >= 0.3 is 5.97 Å². The Balaban J connectivity index is 3.26. The van der Waals surface area contributed by atoms with Gasteiger partial charge in [-0.25, -0.2) is 4.79 Å². The second kappa shape index (κ2) is 5.34. The fourth-order valence-corrected chi connectivity index (χ4v) is 2.85. The van der Waals surface area contributed by atoms with E-state index in [4.69, 9.17) is 0 Å². The Labute approximate surface area is 102 Å². The first-order valence-corrected chi connectivity index (χ1v) is 6.27. The molecule has 1 heterocycles. The van der Waals surface area contributed by atoms with E-state index in [1.165, 1.54) is 16.7 Å². The third-order valence-electron chi connectivity index (χ3n) is 2.02. The van der Waals surface area contributed by atoms with E-state index in [1.807, 2.05) is 0 Å². The van der Waals surface area contributed by atoms with Crippen LogP contribution < -0.4 is 0 Å². The van der Waals surface area contributed by atoms with Crippen LogP contribution in [0.4, 0.5) is 0 Å². The summed E-state index contributed by atoms with van der Waals surface area (Å²) in [5, 5.41) is 22.7. The van der Waals surface area contributed by atoms with Crippen LogP contribution in [0.2, 0.25) is 0 Å². The summed E-state index contributed by atoms with van der Waals surface area (Å²) in [6.07, 6.45) is 1.58. The van der Waals surface area contributed by atoms with Gasteiger partial charge in [-0.15, -0.1) is 11.3 Å². The maximum absolute atomic E-state index is 11.3. The minimum Gasteiger partial charge on any atom is -0.479 e. The highest BCUT2D eigenvalue weighted by molar-refractivity contribution is 8.05. The standard InChI is InChI=1S/C11H12O3S2/c1-3-8(15-4-2)11(14,10(12)13)9-6-5-7-16-9/h3-7,14H,2H2,1H3,(H,12,13)/b8-3-. The van der Waals surface area contributed by atoms with Crippen LogP contribution >= 0.6 is 23.1 Å². The van der Waals surface area contributed by atoms with Gasteiger partial charge in [0.15, 0.2) is 0 Å². The lowest BCUT2D eigenvalue weighted by atomic mass is 10.0. The smallest absolute Gasteiger partial charge is 0.346 e. The molecule has 3 nitrogen and oxygen atoms in total. The van der Waals surface area contributed by atoms with Crippen LogP contribution in [0.3, 0.4) is 0 Å². The summed E-state index contributed by atoms with van der Waals surface area (Å²) < 4.78 is 0. The Morgan fingerprint density at radius 1 is 1.69 bits per heavy atom. The zero-order valence-electron chi connectivity index (χ0n) is 8.71. The molecule has 16 heavy (non-hydrogen) atoms. The van der Waals surface area contributed by atoms with E-state index in [2.05, 4.69) is 6.58 Å². The molecule has 1 aromatic rings. The highest BCUT2D eigenvalue weighted by Gasteiger charge is 2.42. The molecule has 0 radical (unpaired) electrons. The monoisotopic (exact) mass is 256 g/mol. The summed E-state index contributed by atoms with van der Waals surface area (Å²) in [7, 11) is 0. The third kappa shape index (κ3) is 2.21. The Kier molecular flexibility index (Phi) is 4.35. The molecule has 0 bridgehead atoms. The quantitative estimate of drug-likeness (QED) is 0.850. The van der Waals surface area contributed by atoms with Gasteiger partial charge in [0.05, 0.1) is 4.88 Å². The predicted octanol–water partition coefficient (Wildman–Crippen LogP) is 2.80. The fraction of sp³-hybridized carbons (Fsp3) is 0.182. The number of thiophene rings is 1. The lowest BCUT2D eigenvalue weighted by Crippen LogP contribution is -2.35. The summed E-state index contributed by atoms with van der Waals surface area (Å²) in [6.45, 7) is 5.21. The van der Waals surface area contributed by atoms with Gasteiger partial charge in [-0.2, -0.15) is 0 Å². The summed E-state index contributed by atoms with van der Waals surface area (Å²) in [5.74, 6) is -1.28. The van der Waals surface area contributed by atoms with E-state index in [9.17, 15) is 15.0 Å². The van der Waals surface area contributed by atoms with Crippen LogP contribution in [-0.4, -0.2) is 16.2 Å². The molecule has 5 heteroatoms. The van der Waals surface area contributed by atoms with Gasteiger partial charge in [0.25, 0.3) is 0 Å². The number of carboxylic acid groups (broad SMARTS) is 1.